The summed E-state index contributed by atoms with van der Waals surface area (Å²) in [5, 5.41) is 17.6. The van der Waals surface area contributed by atoms with Crippen molar-refractivity contribution in [3.05, 3.63) is 24.3 Å². The second-order valence-corrected chi connectivity index (χ2v) is 4.71. The molecule has 4 atom stereocenters. The molecule has 0 spiro atoms. The molecule has 2 heteroatoms. The molecule has 0 amide bonds. The van der Waals surface area contributed by atoms with E-state index in [1.165, 1.54) is 19.3 Å². The zero-order chi connectivity index (χ0) is 10.7. The molecule has 2 N–H and O–H groups in total. The SMILES string of the molecule is OC/C=C/[C@@H]1[C@H]2CC[C@H](C2)[C@@H]1/C=C/CO. The zero-order valence-electron chi connectivity index (χ0n) is 9.05. The highest BCUT2D eigenvalue weighted by Crippen LogP contribution is 2.53. The Bertz CT molecular complexity index is 231. The zero-order valence-corrected chi connectivity index (χ0v) is 9.05. The average Bonchev–Trinajstić information content (AvgIpc) is 2.83. The van der Waals surface area contributed by atoms with Gasteiger partial charge in [0, 0.05) is 0 Å². The molecule has 0 aliphatic heterocycles. The van der Waals surface area contributed by atoms with Crippen LogP contribution in [0.1, 0.15) is 19.3 Å². The summed E-state index contributed by atoms with van der Waals surface area (Å²) in [4.78, 5) is 0. The molecule has 0 heterocycles. The van der Waals surface area contributed by atoms with E-state index in [4.69, 9.17) is 10.2 Å². The van der Waals surface area contributed by atoms with Crippen molar-refractivity contribution in [2.24, 2.45) is 23.7 Å². The highest BCUT2D eigenvalue weighted by atomic mass is 16.3. The van der Waals surface area contributed by atoms with E-state index in [0.717, 1.165) is 11.8 Å². The molecule has 2 aliphatic carbocycles. The molecular formula is C13H20O2. The van der Waals surface area contributed by atoms with Crippen molar-refractivity contribution < 1.29 is 10.2 Å². The van der Waals surface area contributed by atoms with Crippen molar-refractivity contribution in [2.75, 3.05) is 13.2 Å². The van der Waals surface area contributed by atoms with Gasteiger partial charge >= 0.3 is 0 Å². The van der Waals surface area contributed by atoms with Crippen molar-refractivity contribution in [1.82, 2.24) is 0 Å². The predicted octanol–water partition coefficient (Wildman–Crippen LogP) is 1.75. The van der Waals surface area contributed by atoms with Gasteiger partial charge in [-0.3, -0.25) is 0 Å². The Morgan fingerprint density at radius 1 is 0.867 bits per heavy atom. The van der Waals surface area contributed by atoms with Crippen LogP contribution in [0.5, 0.6) is 0 Å². The summed E-state index contributed by atoms with van der Waals surface area (Å²) in [6, 6.07) is 0. The monoisotopic (exact) mass is 208 g/mol. The molecule has 15 heavy (non-hydrogen) atoms. The first-order valence-electron chi connectivity index (χ1n) is 5.92. The third kappa shape index (κ3) is 2.16. The Labute approximate surface area is 91.3 Å². The third-order valence-corrected chi connectivity index (χ3v) is 3.97. The average molecular weight is 208 g/mol. The standard InChI is InChI=1S/C13H20O2/c14-7-1-3-12-10-5-6-11(9-10)13(12)4-2-8-15/h1-4,10-15H,5-9H2/b3-1+,4-2+/t10-,11+,12+,13-. The number of rotatable bonds is 4. The molecule has 0 saturated heterocycles. The summed E-state index contributed by atoms with van der Waals surface area (Å²) >= 11 is 0. The molecule has 0 radical (unpaired) electrons. The minimum atomic E-state index is 0.143. The second-order valence-electron chi connectivity index (χ2n) is 4.71. The molecule has 2 aliphatic rings. The van der Waals surface area contributed by atoms with E-state index >= 15 is 0 Å². The van der Waals surface area contributed by atoms with Gasteiger partial charge in [0.1, 0.15) is 0 Å². The topological polar surface area (TPSA) is 40.5 Å². The molecule has 2 nitrogen and oxygen atoms in total. The van der Waals surface area contributed by atoms with Crippen LogP contribution >= 0.6 is 0 Å². The Hall–Kier alpha value is -0.600. The van der Waals surface area contributed by atoms with E-state index in [1.807, 2.05) is 12.2 Å². The van der Waals surface area contributed by atoms with Gasteiger partial charge in [-0.15, -0.1) is 0 Å². The van der Waals surface area contributed by atoms with Crippen molar-refractivity contribution >= 4 is 0 Å². The number of fused-ring (bicyclic) bond motifs is 2. The normalized spacial score (nSPS) is 39.9. The predicted molar refractivity (Wildman–Crippen MR) is 60.3 cm³/mol. The van der Waals surface area contributed by atoms with Crippen LogP contribution in [0, 0.1) is 23.7 Å². The van der Waals surface area contributed by atoms with Crippen molar-refractivity contribution in [2.45, 2.75) is 19.3 Å². The van der Waals surface area contributed by atoms with Gasteiger partial charge in [-0.2, -0.15) is 0 Å². The van der Waals surface area contributed by atoms with E-state index in [1.54, 1.807) is 0 Å². The van der Waals surface area contributed by atoms with E-state index in [9.17, 15) is 0 Å². The molecule has 2 rings (SSSR count). The molecule has 0 aromatic carbocycles. The van der Waals surface area contributed by atoms with Gasteiger partial charge in [0.15, 0.2) is 0 Å². The summed E-state index contributed by atoms with van der Waals surface area (Å²) in [6.45, 7) is 0.286. The Balaban J connectivity index is 2.05. The number of hydrogen-bond donors (Lipinski definition) is 2. The van der Waals surface area contributed by atoms with Crippen molar-refractivity contribution in [1.29, 1.82) is 0 Å². The Morgan fingerprint density at radius 2 is 1.33 bits per heavy atom. The van der Waals surface area contributed by atoms with Crippen LogP contribution in [0.2, 0.25) is 0 Å². The molecule has 2 saturated carbocycles. The summed E-state index contributed by atoms with van der Waals surface area (Å²) in [6.07, 6.45) is 12.1. The smallest absolute Gasteiger partial charge is 0.0612 e. The fourth-order valence-electron chi connectivity index (χ4n) is 3.39. The van der Waals surface area contributed by atoms with Gasteiger partial charge in [0.25, 0.3) is 0 Å². The number of aliphatic hydroxyl groups is 2. The van der Waals surface area contributed by atoms with E-state index < -0.39 is 0 Å². The molecule has 84 valence electrons. The maximum atomic E-state index is 8.81. The van der Waals surface area contributed by atoms with Crippen LogP contribution in [-0.2, 0) is 0 Å². The minimum Gasteiger partial charge on any atom is -0.392 e. The summed E-state index contributed by atoms with van der Waals surface area (Å²) in [5.41, 5.74) is 0. The molecular weight excluding hydrogens is 188 g/mol. The van der Waals surface area contributed by atoms with Gasteiger partial charge in [-0.05, 0) is 42.9 Å². The lowest BCUT2D eigenvalue weighted by Gasteiger charge is -2.26. The maximum absolute atomic E-state index is 8.81. The van der Waals surface area contributed by atoms with E-state index in [0.29, 0.717) is 11.8 Å². The fourth-order valence-corrected chi connectivity index (χ4v) is 3.39. The lowest BCUT2D eigenvalue weighted by atomic mass is 9.79. The molecule has 2 fully saturated rings. The summed E-state index contributed by atoms with van der Waals surface area (Å²) in [7, 11) is 0. The highest BCUT2D eigenvalue weighted by Gasteiger charge is 2.44. The van der Waals surface area contributed by atoms with Crippen LogP contribution in [0.25, 0.3) is 0 Å². The Kier molecular flexibility index (Phi) is 3.60. The second kappa shape index (κ2) is 4.95. The third-order valence-electron chi connectivity index (χ3n) is 3.97. The van der Waals surface area contributed by atoms with Crippen LogP contribution in [0.15, 0.2) is 24.3 Å². The quantitative estimate of drug-likeness (QED) is 0.691. The van der Waals surface area contributed by atoms with Crippen molar-refractivity contribution in [3.63, 3.8) is 0 Å². The molecule has 0 unspecified atom stereocenters. The number of allylic oxidation sites excluding steroid dienone is 2. The highest BCUT2D eigenvalue weighted by molar-refractivity contribution is 5.11. The lowest BCUT2D eigenvalue weighted by molar-refractivity contribution is 0.306. The van der Waals surface area contributed by atoms with E-state index in [2.05, 4.69) is 12.2 Å². The van der Waals surface area contributed by atoms with Crippen LogP contribution in [0.3, 0.4) is 0 Å². The van der Waals surface area contributed by atoms with Crippen molar-refractivity contribution in [3.8, 4) is 0 Å². The number of aliphatic hydroxyl groups excluding tert-OH is 2. The maximum Gasteiger partial charge on any atom is 0.0612 e. The van der Waals surface area contributed by atoms with Crippen LogP contribution < -0.4 is 0 Å². The van der Waals surface area contributed by atoms with Crippen LogP contribution in [-0.4, -0.2) is 23.4 Å². The first-order chi connectivity index (χ1) is 7.36. The van der Waals surface area contributed by atoms with Gasteiger partial charge < -0.3 is 10.2 Å². The summed E-state index contributed by atoms with van der Waals surface area (Å²) in [5.74, 6) is 2.81. The van der Waals surface area contributed by atoms with E-state index in [-0.39, 0.29) is 13.2 Å². The van der Waals surface area contributed by atoms with Gasteiger partial charge in [0.2, 0.25) is 0 Å². The lowest BCUT2D eigenvalue weighted by Crippen LogP contribution is -2.19. The largest absolute Gasteiger partial charge is 0.392 e. The Morgan fingerprint density at radius 3 is 1.73 bits per heavy atom. The molecule has 0 aromatic heterocycles. The van der Waals surface area contributed by atoms with Gasteiger partial charge in [-0.25, -0.2) is 0 Å². The van der Waals surface area contributed by atoms with Crippen LogP contribution in [0.4, 0.5) is 0 Å². The van der Waals surface area contributed by atoms with Gasteiger partial charge in [-0.1, -0.05) is 24.3 Å². The molecule has 0 aromatic rings. The van der Waals surface area contributed by atoms with Gasteiger partial charge in [0.05, 0.1) is 13.2 Å². The first kappa shape index (κ1) is 10.9. The fraction of sp³-hybridized carbons (Fsp3) is 0.692. The first-order valence-corrected chi connectivity index (χ1v) is 5.92. The summed E-state index contributed by atoms with van der Waals surface area (Å²) < 4.78 is 0. The minimum absolute atomic E-state index is 0.143. The number of hydrogen-bond acceptors (Lipinski definition) is 2. The molecule has 2 bridgehead atoms.